The lowest BCUT2D eigenvalue weighted by molar-refractivity contribution is 0.179. The Morgan fingerprint density at radius 2 is 2.32 bits per heavy atom. The van der Waals surface area contributed by atoms with Crippen LogP contribution in [0, 0.1) is 0 Å². The molecule has 2 heterocycles. The summed E-state index contributed by atoms with van der Waals surface area (Å²) in [5, 5.41) is 3.40. The van der Waals surface area contributed by atoms with E-state index in [1.54, 1.807) is 0 Å². The highest BCUT2D eigenvalue weighted by atomic mass is 16.5. The molecule has 2 aliphatic heterocycles. The van der Waals surface area contributed by atoms with Crippen LogP contribution < -0.4 is 10.1 Å². The van der Waals surface area contributed by atoms with E-state index in [9.17, 15) is 0 Å². The minimum Gasteiger partial charge on any atom is -0.492 e. The molecule has 19 heavy (non-hydrogen) atoms. The van der Waals surface area contributed by atoms with Crippen LogP contribution in [0.2, 0.25) is 0 Å². The number of fused-ring (bicyclic) bond motifs is 1. The van der Waals surface area contributed by atoms with Crippen molar-refractivity contribution in [3.63, 3.8) is 0 Å². The molecule has 3 heteroatoms. The standard InChI is InChI=1S/C16H24N2O/c1-2-18-9-3-4-15(18)12-19-16-6-5-14-11-17-8-7-13(14)10-16/h5-6,10,15,17H,2-4,7-9,11-12H2,1H3. The molecule has 3 nitrogen and oxygen atoms in total. The van der Waals surface area contributed by atoms with E-state index < -0.39 is 0 Å². The first-order valence-electron chi connectivity index (χ1n) is 7.56. The molecule has 1 aromatic rings. The van der Waals surface area contributed by atoms with E-state index in [1.165, 1.54) is 30.5 Å². The van der Waals surface area contributed by atoms with Crippen molar-refractivity contribution in [2.45, 2.75) is 38.8 Å². The van der Waals surface area contributed by atoms with E-state index >= 15 is 0 Å². The smallest absolute Gasteiger partial charge is 0.119 e. The fourth-order valence-corrected chi connectivity index (χ4v) is 3.24. The Morgan fingerprint density at radius 1 is 1.37 bits per heavy atom. The molecule has 0 aromatic heterocycles. The van der Waals surface area contributed by atoms with Gasteiger partial charge in [-0.1, -0.05) is 13.0 Å². The summed E-state index contributed by atoms with van der Waals surface area (Å²) in [6.45, 7) is 7.55. The summed E-state index contributed by atoms with van der Waals surface area (Å²) in [5.74, 6) is 1.05. The van der Waals surface area contributed by atoms with Crippen molar-refractivity contribution in [1.29, 1.82) is 0 Å². The maximum Gasteiger partial charge on any atom is 0.119 e. The first-order chi connectivity index (χ1) is 9.36. The molecule has 1 saturated heterocycles. The summed E-state index contributed by atoms with van der Waals surface area (Å²) >= 11 is 0. The minimum absolute atomic E-state index is 0.614. The summed E-state index contributed by atoms with van der Waals surface area (Å²) in [4.78, 5) is 2.53. The molecule has 2 aliphatic rings. The zero-order valence-corrected chi connectivity index (χ0v) is 11.8. The summed E-state index contributed by atoms with van der Waals surface area (Å²) in [6.07, 6.45) is 3.72. The molecular weight excluding hydrogens is 236 g/mol. The van der Waals surface area contributed by atoms with Crippen LogP contribution in [0.1, 0.15) is 30.9 Å². The van der Waals surface area contributed by atoms with E-state index in [4.69, 9.17) is 4.74 Å². The highest BCUT2D eigenvalue weighted by molar-refractivity contribution is 5.37. The zero-order valence-electron chi connectivity index (χ0n) is 11.8. The number of nitrogens with one attached hydrogen (secondary N) is 1. The fourth-order valence-electron chi connectivity index (χ4n) is 3.24. The molecule has 1 fully saturated rings. The molecule has 0 bridgehead atoms. The third kappa shape index (κ3) is 2.93. The van der Waals surface area contributed by atoms with Crippen molar-refractivity contribution in [3.8, 4) is 5.75 Å². The number of nitrogens with zero attached hydrogens (tertiary/aromatic N) is 1. The minimum atomic E-state index is 0.614. The van der Waals surface area contributed by atoms with Crippen molar-refractivity contribution in [1.82, 2.24) is 10.2 Å². The second-order valence-corrected chi connectivity index (χ2v) is 5.59. The molecule has 1 unspecified atom stereocenters. The molecule has 104 valence electrons. The Bertz CT molecular complexity index is 433. The second kappa shape index (κ2) is 5.93. The Kier molecular flexibility index (Phi) is 4.04. The Balaban J connectivity index is 1.60. The Labute approximate surface area is 115 Å². The van der Waals surface area contributed by atoms with Gasteiger partial charge in [-0.05, 0) is 62.2 Å². The lowest BCUT2D eigenvalue weighted by atomic mass is 10.0. The van der Waals surface area contributed by atoms with Gasteiger partial charge in [0.15, 0.2) is 0 Å². The van der Waals surface area contributed by atoms with Crippen LogP contribution >= 0.6 is 0 Å². The van der Waals surface area contributed by atoms with Crippen molar-refractivity contribution in [2.75, 3.05) is 26.2 Å². The van der Waals surface area contributed by atoms with Crippen LogP contribution in [0.5, 0.6) is 5.75 Å². The highest BCUT2D eigenvalue weighted by Crippen LogP contribution is 2.22. The van der Waals surface area contributed by atoms with E-state index in [0.717, 1.165) is 38.4 Å². The van der Waals surface area contributed by atoms with Crippen LogP contribution in [0.3, 0.4) is 0 Å². The molecule has 0 aliphatic carbocycles. The molecule has 1 atom stereocenters. The number of ether oxygens (including phenoxy) is 1. The number of hydrogen-bond donors (Lipinski definition) is 1. The number of likely N-dealkylation sites (tertiary alicyclic amines) is 1. The van der Waals surface area contributed by atoms with Gasteiger partial charge in [-0.2, -0.15) is 0 Å². The molecule has 0 radical (unpaired) electrons. The van der Waals surface area contributed by atoms with Crippen LogP contribution in [0.25, 0.3) is 0 Å². The third-order valence-electron chi connectivity index (χ3n) is 4.41. The Hall–Kier alpha value is -1.06. The van der Waals surface area contributed by atoms with E-state index in [1.807, 2.05) is 0 Å². The molecule has 0 amide bonds. The summed E-state index contributed by atoms with van der Waals surface area (Å²) < 4.78 is 6.03. The quantitative estimate of drug-likeness (QED) is 0.898. The van der Waals surface area contributed by atoms with Gasteiger partial charge >= 0.3 is 0 Å². The molecular formula is C16H24N2O. The van der Waals surface area contributed by atoms with Crippen molar-refractivity contribution in [3.05, 3.63) is 29.3 Å². The van der Waals surface area contributed by atoms with Gasteiger partial charge in [-0.3, -0.25) is 4.90 Å². The number of benzene rings is 1. The van der Waals surface area contributed by atoms with Crippen LogP contribution in [-0.2, 0) is 13.0 Å². The van der Waals surface area contributed by atoms with Crippen molar-refractivity contribution >= 4 is 0 Å². The van der Waals surface area contributed by atoms with Gasteiger partial charge in [-0.25, -0.2) is 0 Å². The van der Waals surface area contributed by atoms with Gasteiger partial charge in [0.25, 0.3) is 0 Å². The first-order valence-corrected chi connectivity index (χ1v) is 7.56. The second-order valence-electron chi connectivity index (χ2n) is 5.59. The average molecular weight is 260 g/mol. The van der Waals surface area contributed by atoms with Gasteiger partial charge in [0.2, 0.25) is 0 Å². The predicted molar refractivity (Wildman–Crippen MR) is 77.6 cm³/mol. The van der Waals surface area contributed by atoms with Gasteiger partial charge in [0, 0.05) is 12.6 Å². The maximum absolute atomic E-state index is 6.03. The van der Waals surface area contributed by atoms with Crippen molar-refractivity contribution in [2.24, 2.45) is 0 Å². The topological polar surface area (TPSA) is 24.5 Å². The monoisotopic (exact) mass is 260 g/mol. The number of rotatable bonds is 4. The van der Waals surface area contributed by atoms with E-state index in [-0.39, 0.29) is 0 Å². The molecule has 1 N–H and O–H groups in total. The van der Waals surface area contributed by atoms with Gasteiger partial charge in [0.1, 0.15) is 12.4 Å². The van der Waals surface area contributed by atoms with Gasteiger partial charge in [-0.15, -0.1) is 0 Å². The van der Waals surface area contributed by atoms with Crippen LogP contribution in [0.15, 0.2) is 18.2 Å². The Morgan fingerprint density at radius 3 is 3.21 bits per heavy atom. The molecule has 1 aromatic carbocycles. The van der Waals surface area contributed by atoms with Crippen LogP contribution in [-0.4, -0.2) is 37.2 Å². The molecule has 0 spiro atoms. The lowest BCUT2D eigenvalue weighted by Crippen LogP contribution is -2.33. The lowest BCUT2D eigenvalue weighted by Gasteiger charge is -2.23. The SMILES string of the molecule is CCN1CCCC1COc1ccc2c(c1)CCNC2. The first kappa shape index (κ1) is 12.9. The van der Waals surface area contributed by atoms with Gasteiger partial charge in [0.05, 0.1) is 0 Å². The fraction of sp³-hybridized carbons (Fsp3) is 0.625. The summed E-state index contributed by atoms with van der Waals surface area (Å²) in [5.41, 5.74) is 2.88. The van der Waals surface area contributed by atoms with Gasteiger partial charge < -0.3 is 10.1 Å². The predicted octanol–water partition coefficient (Wildman–Crippen LogP) is 2.20. The van der Waals surface area contributed by atoms with Crippen molar-refractivity contribution < 1.29 is 4.74 Å². The summed E-state index contributed by atoms with van der Waals surface area (Å²) in [7, 11) is 0. The average Bonchev–Trinajstić information content (AvgIpc) is 2.92. The zero-order chi connectivity index (χ0) is 13.1. The molecule has 0 saturated carbocycles. The number of likely N-dealkylation sites (N-methyl/N-ethyl adjacent to an activating group) is 1. The summed E-state index contributed by atoms with van der Waals surface area (Å²) in [6, 6.07) is 7.18. The van der Waals surface area contributed by atoms with Crippen LogP contribution in [0.4, 0.5) is 0 Å². The molecule has 3 rings (SSSR count). The third-order valence-corrected chi connectivity index (χ3v) is 4.41. The number of hydrogen-bond acceptors (Lipinski definition) is 3. The van der Waals surface area contributed by atoms with E-state index in [0.29, 0.717) is 6.04 Å². The van der Waals surface area contributed by atoms with E-state index in [2.05, 4.69) is 35.3 Å². The maximum atomic E-state index is 6.03. The highest BCUT2D eigenvalue weighted by Gasteiger charge is 2.23. The largest absolute Gasteiger partial charge is 0.492 e. The normalized spacial score (nSPS) is 23.3.